The SMILES string of the molecule is CCCNC(C)(C#N)CCn1cc(I)cn1. The molecular formula is C11H17IN4. The molecule has 1 N–H and O–H groups in total. The molecule has 0 aliphatic heterocycles. The zero-order chi connectivity index (χ0) is 12.0. The summed E-state index contributed by atoms with van der Waals surface area (Å²) in [6.45, 7) is 5.68. The lowest BCUT2D eigenvalue weighted by molar-refractivity contribution is 0.383. The number of aromatic nitrogens is 2. The third-order valence-corrected chi connectivity index (χ3v) is 3.01. The fourth-order valence-electron chi connectivity index (χ4n) is 1.38. The second-order valence-electron chi connectivity index (χ2n) is 4.04. The van der Waals surface area contributed by atoms with E-state index in [1.165, 1.54) is 0 Å². The lowest BCUT2D eigenvalue weighted by Crippen LogP contribution is -2.42. The Kier molecular flexibility index (Phi) is 5.22. The van der Waals surface area contributed by atoms with Crippen LogP contribution in [-0.2, 0) is 6.54 Å². The Morgan fingerprint density at radius 3 is 2.94 bits per heavy atom. The second-order valence-corrected chi connectivity index (χ2v) is 5.29. The summed E-state index contributed by atoms with van der Waals surface area (Å²) in [4.78, 5) is 0. The van der Waals surface area contributed by atoms with Gasteiger partial charge in [-0.1, -0.05) is 6.92 Å². The molecule has 5 heteroatoms. The largest absolute Gasteiger partial charge is 0.300 e. The Bertz CT molecular complexity index is 368. The molecule has 0 bridgehead atoms. The first-order chi connectivity index (χ1) is 7.59. The van der Waals surface area contributed by atoms with Gasteiger partial charge in [-0.25, -0.2) is 0 Å². The van der Waals surface area contributed by atoms with Crippen LogP contribution in [0, 0.1) is 14.9 Å². The summed E-state index contributed by atoms with van der Waals surface area (Å²) >= 11 is 2.23. The van der Waals surface area contributed by atoms with Crippen LogP contribution in [0.2, 0.25) is 0 Å². The lowest BCUT2D eigenvalue weighted by Gasteiger charge is -2.22. The van der Waals surface area contributed by atoms with Gasteiger partial charge in [-0.15, -0.1) is 0 Å². The van der Waals surface area contributed by atoms with Crippen LogP contribution in [0.3, 0.4) is 0 Å². The van der Waals surface area contributed by atoms with Gasteiger partial charge in [-0.05, 0) is 48.9 Å². The molecular weight excluding hydrogens is 315 g/mol. The van der Waals surface area contributed by atoms with Crippen LogP contribution in [0.15, 0.2) is 12.4 Å². The average molecular weight is 332 g/mol. The molecule has 1 atom stereocenters. The third-order valence-electron chi connectivity index (χ3n) is 2.45. The minimum absolute atomic E-state index is 0.451. The molecule has 0 amide bonds. The summed E-state index contributed by atoms with van der Waals surface area (Å²) in [7, 11) is 0. The number of nitrogens with one attached hydrogen (secondary N) is 1. The second kappa shape index (κ2) is 6.21. The van der Waals surface area contributed by atoms with E-state index >= 15 is 0 Å². The Morgan fingerprint density at radius 2 is 2.44 bits per heavy atom. The highest BCUT2D eigenvalue weighted by molar-refractivity contribution is 14.1. The van der Waals surface area contributed by atoms with Gasteiger partial charge >= 0.3 is 0 Å². The summed E-state index contributed by atoms with van der Waals surface area (Å²) < 4.78 is 3.00. The number of rotatable bonds is 6. The highest BCUT2D eigenvalue weighted by Gasteiger charge is 2.22. The predicted molar refractivity (Wildman–Crippen MR) is 71.9 cm³/mol. The van der Waals surface area contributed by atoms with Crippen LogP contribution in [0.5, 0.6) is 0 Å². The molecule has 88 valence electrons. The molecule has 1 aromatic rings. The summed E-state index contributed by atoms with van der Waals surface area (Å²) in [6.07, 6.45) is 5.61. The summed E-state index contributed by atoms with van der Waals surface area (Å²) in [5.41, 5.74) is -0.451. The molecule has 0 radical (unpaired) electrons. The van der Waals surface area contributed by atoms with E-state index in [1.54, 1.807) is 0 Å². The predicted octanol–water partition coefficient (Wildman–Crippen LogP) is 2.16. The highest BCUT2D eigenvalue weighted by atomic mass is 127. The molecule has 1 aromatic heterocycles. The number of aryl methyl sites for hydroxylation is 1. The van der Waals surface area contributed by atoms with E-state index in [0.717, 1.165) is 29.5 Å². The molecule has 1 rings (SSSR count). The minimum Gasteiger partial charge on any atom is -0.300 e. The zero-order valence-corrected chi connectivity index (χ0v) is 11.9. The quantitative estimate of drug-likeness (QED) is 0.813. The Hall–Kier alpha value is -0.610. The van der Waals surface area contributed by atoms with Crippen molar-refractivity contribution < 1.29 is 0 Å². The number of nitrogens with zero attached hydrogens (tertiary/aromatic N) is 3. The molecule has 0 aliphatic carbocycles. The molecule has 0 aromatic carbocycles. The van der Waals surface area contributed by atoms with Crippen molar-refractivity contribution in [3.8, 4) is 6.07 Å². The summed E-state index contributed by atoms with van der Waals surface area (Å²) in [6, 6.07) is 2.34. The van der Waals surface area contributed by atoms with E-state index in [-0.39, 0.29) is 0 Å². The Morgan fingerprint density at radius 1 is 1.69 bits per heavy atom. The first kappa shape index (κ1) is 13.5. The molecule has 0 fully saturated rings. The first-order valence-electron chi connectivity index (χ1n) is 5.44. The van der Waals surface area contributed by atoms with Gasteiger partial charge in [0.1, 0.15) is 5.54 Å². The van der Waals surface area contributed by atoms with Gasteiger partial charge in [-0.2, -0.15) is 10.4 Å². The summed E-state index contributed by atoms with van der Waals surface area (Å²) in [5, 5.41) is 16.6. The van der Waals surface area contributed by atoms with Crippen molar-refractivity contribution in [2.75, 3.05) is 6.54 Å². The highest BCUT2D eigenvalue weighted by Crippen LogP contribution is 2.10. The van der Waals surface area contributed by atoms with E-state index in [1.807, 2.05) is 24.0 Å². The van der Waals surface area contributed by atoms with Gasteiger partial charge in [0.2, 0.25) is 0 Å². The van der Waals surface area contributed by atoms with Crippen LogP contribution >= 0.6 is 22.6 Å². The van der Waals surface area contributed by atoms with Crippen molar-refractivity contribution in [3.05, 3.63) is 16.0 Å². The molecule has 1 heterocycles. The van der Waals surface area contributed by atoms with Crippen LogP contribution in [0.25, 0.3) is 0 Å². The number of hydrogen-bond acceptors (Lipinski definition) is 3. The van der Waals surface area contributed by atoms with Crippen LogP contribution in [0.1, 0.15) is 26.7 Å². The smallest absolute Gasteiger partial charge is 0.105 e. The number of nitriles is 1. The fraction of sp³-hybridized carbons (Fsp3) is 0.636. The normalized spacial score (nSPS) is 14.4. The van der Waals surface area contributed by atoms with E-state index < -0.39 is 5.54 Å². The summed E-state index contributed by atoms with van der Waals surface area (Å²) in [5.74, 6) is 0. The van der Waals surface area contributed by atoms with Gasteiger partial charge in [-0.3, -0.25) is 10.00 Å². The van der Waals surface area contributed by atoms with Gasteiger partial charge in [0.25, 0.3) is 0 Å². The van der Waals surface area contributed by atoms with E-state index in [0.29, 0.717) is 0 Å². The maximum absolute atomic E-state index is 9.15. The van der Waals surface area contributed by atoms with E-state index in [2.05, 4.69) is 46.0 Å². The molecule has 0 aliphatic rings. The first-order valence-corrected chi connectivity index (χ1v) is 6.52. The molecule has 0 saturated carbocycles. The maximum Gasteiger partial charge on any atom is 0.105 e. The zero-order valence-electron chi connectivity index (χ0n) is 9.70. The molecule has 4 nitrogen and oxygen atoms in total. The molecule has 0 saturated heterocycles. The fourth-order valence-corrected chi connectivity index (χ4v) is 1.83. The van der Waals surface area contributed by atoms with Crippen LogP contribution in [-0.4, -0.2) is 21.9 Å². The van der Waals surface area contributed by atoms with Gasteiger partial charge in [0.05, 0.1) is 15.8 Å². The topological polar surface area (TPSA) is 53.6 Å². The van der Waals surface area contributed by atoms with Crippen molar-refractivity contribution in [3.63, 3.8) is 0 Å². The van der Waals surface area contributed by atoms with Crippen molar-refractivity contribution in [1.29, 1.82) is 5.26 Å². The van der Waals surface area contributed by atoms with Crippen molar-refractivity contribution in [1.82, 2.24) is 15.1 Å². The molecule has 16 heavy (non-hydrogen) atoms. The monoisotopic (exact) mass is 332 g/mol. The van der Waals surface area contributed by atoms with Gasteiger partial charge < -0.3 is 0 Å². The average Bonchev–Trinajstić information content (AvgIpc) is 2.70. The van der Waals surface area contributed by atoms with Gasteiger partial charge in [0, 0.05) is 12.7 Å². The Labute approximate surface area is 110 Å². The molecule has 1 unspecified atom stereocenters. The minimum atomic E-state index is -0.451. The van der Waals surface area contributed by atoms with E-state index in [9.17, 15) is 0 Å². The maximum atomic E-state index is 9.15. The van der Waals surface area contributed by atoms with Crippen molar-refractivity contribution in [2.45, 2.75) is 38.8 Å². The number of halogens is 1. The van der Waals surface area contributed by atoms with Gasteiger partial charge in [0.15, 0.2) is 0 Å². The lowest BCUT2D eigenvalue weighted by atomic mass is 10.00. The van der Waals surface area contributed by atoms with Crippen molar-refractivity contribution >= 4 is 22.6 Å². The number of hydrogen-bond donors (Lipinski definition) is 1. The third kappa shape index (κ3) is 4.10. The standard InChI is InChI=1S/C11H17IN4/c1-3-5-14-11(2,9-13)4-6-16-8-10(12)7-15-16/h7-8,14H,3-6H2,1-2H3. The van der Waals surface area contributed by atoms with E-state index in [4.69, 9.17) is 5.26 Å². The van der Waals surface area contributed by atoms with Crippen LogP contribution in [0.4, 0.5) is 0 Å². The molecule has 0 spiro atoms. The Balaban J connectivity index is 2.48. The van der Waals surface area contributed by atoms with Crippen LogP contribution < -0.4 is 5.32 Å². The van der Waals surface area contributed by atoms with Crippen molar-refractivity contribution in [2.24, 2.45) is 0 Å².